The maximum absolute atomic E-state index is 8.83. The Morgan fingerprint density at radius 2 is 2.10 bits per heavy atom. The van der Waals surface area contributed by atoms with Crippen LogP contribution in [0, 0.1) is 18.3 Å². The van der Waals surface area contributed by atoms with Crippen LogP contribution in [0.1, 0.15) is 30.7 Å². The molecule has 3 aromatic heterocycles. The molecule has 0 aromatic carbocycles. The molecule has 0 saturated heterocycles. The third-order valence-corrected chi connectivity index (χ3v) is 4.92. The molecule has 1 aliphatic carbocycles. The van der Waals surface area contributed by atoms with Crippen molar-refractivity contribution in [3.05, 3.63) is 35.9 Å². The van der Waals surface area contributed by atoms with E-state index >= 15 is 0 Å². The Hall–Kier alpha value is -3.71. The minimum Gasteiger partial charge on any atom is -0.488 e. The SMILES string of the molecule is COc1nc(C)cc(O[C@H]2CCC[C@H]2N)c1-c1cc(Nc2cnc(C#N)cn2)n[nH]1. The predicted octanol–water partition coefficient (Wildman–Crippen LogP) is 2.45. The van der Waals surface area contributed by atoms with E-state index in [1.54, 1.807) is 13.2 Å². The number of H-pyrrole nitrogens is 1. The van der Waals surface area contributed by atoms with Crippen molar-refractivity contribution in [2.75, 3.05) is 12.4 Å². The van der Waals surface area contributed by atoms with E-state index in [1.807, 2.05) is 19.1 Å². The second-order valence-electron chi connectivity index (χ2n) is 7.09. The van der Waals surface area contributed by atoms with Crippen molar-refractivity contribution in [3.8, 4) is 29.0 Å². The van der Waals surface area contributed by atoms with Gasteiger partial charge in [-0.25, -0.2) is 15.0 Å². The number of nitrogens with two attached hydrogens (primary N) is 1. The summed E-state index contributed by atoms with van der Waals surface area (Å²) in [5, 5.41) is 19.2. The smallest absolute Gasteiger partial charge is 0.226 e. The zero-order valence-electron chi connectivity index (χ0n) is 16.7. The molecule has 0 bridgehead atoms. The summed E-state index contributed by atoms with van der Waals surface area (Å²) >= 11 is 0. The first kappa shape index (κ1) is 19.6. The third-order valence-electron chi connectivity index (χ3n) is 4.92. The van der Waals surface area contributed by atoms with Gasteiger partial charge in [-0.3, -0.25) is 5.10 Å². The van der Waals surface area contributed by atoms with Gasteiger partial charge in [0.25, 0.3) is 0 Å². The fraction of sp³-hybridized carbons (Fsp3) is 0.350. The fourth-order valence-electron chi connectivity index (χ4n) is 3.46. The molecule has 10 heteroatoms. The summed E-state index contributed by atoms with van der Waals surface area (Å²) in [7, 11) is 1.57. The number of nitriles is 1. The average Bonchev–Trinajstić information content (AvgIpc) is 3.37. The topological polar surface area (TPSA) is 148 Å². The molecular formula is C20H22N8O2. The van der Waals surface area contributed by atoms with Crippen molar-refractivity contribution in [2.24, 2.45) is 5.73 Å². The van der Waals surface area contributed by atoms with Gasteiger partial charge in [0.2, 0.25) is 5.88 Å². The lowest BCUT2D eigenvalue weighted by molar-refractivity contribution is 0.191. The molecule has 0 unspecified atom stereocenters. The summed E-state index contributed by atoms with van der Waals surface area (Å²) < 4.78 is 11.8. The first-order valence-corrected chi connectivity index (χ1v) is 9.60. The maximum atomic E-state index is 8.83. The molecule has 4 N–H and O–H groups in total. The zero-order chi connectivity index (χ0) is 21.1. The normalized spacial score (nSPS) is 18.1. The molecule has 2 atom stereocenters. The van der Waals surface area contributed by atoms with Gasteiger partial charge in [0.15, 0.2) is 11.5 Å². The van der Waals surface area contributed by atoms with E-state index in [9.17, 15) is 0 Å². The van der Waals surface area contributed by atoms with Crippen LogP contribution < -0.4 is 20.5 Å². The fourth-order valence-corrected chi connectivity index (χ4v) is 3.46. The van der Waals surface area contributed by atoms with E-state index in [0.717, 1.165) is 25.0 Å². The highest BCUT2D eigenvalue weighted by molar-refractivity contribution is 5.75. The molecule has 30 heavy (non-hydrogen) atoms. The van der Waals surface area contributed by atoms with E-state index in [0.29, 0.717) is 34.5 Å². The average molecular weight is 406 g/mol. The quantitative estimate of drug-likeness (QED) is 0.561. The Morgan fingerprint density at radius 1 is 1.23 bits per heavy atom. The van der Waals surface area contributed by atoms with Crippen LogP contribution in [0.3, 0.4) is 0 Å². The lowest BCUT2D eigenvalue weighted by atomic mass is 10.1. The lowest BCUT2D eigenvalue weighted by Crippen LogP contribution is -2.33. The van der Waals surface area contributed by atoms with Gasteiger partial charge in [-0.1, -0.05) is 0 Å². The maximum Gasteiger partial charge on any atom is 0.226 e. The Balaban J connectivity index is 1.64. The highest BCUT2D eigenvalue weighted by Gasteiger charge is 2.28. The molecule has 10 nitrogen and oxygen atoms in total. The van der Waals surface area contributed by atoms with Gasteiger partial charge in [-0.15, -0.1) is 0 Å². The molecule has 0 spiro atoms. The number of pyridine rings is 1. The van der Waals surface area contributed by atoms with Crippen molar-refractivity contribution >= 4 is 11.6 Å². The highest BCUT2D eigenvalue weighted by atomic mass is 16.5. The van der Waals surface area contributed by atoms with Crippen molar-refractivity contribution < 1.29 is 9.47 Å². The molecule has 0 amide bonds. The third kappa shape index (κ3) is 4.01. The molecule has 4 rings (SSSR count). The molecule has 3 aromatic rings. The van der Waals surface area contributed by atoms with Crippen molar-refractivity contribution in [2.45, 2.75) is 38.3 Å². The number of rotatable bonds is 6. The van der Waals surface area contributed by atoms with Crippen LogP contribution >= 0.6 is 0 Å². The largest absolute Gasteiger partial charge is 0.488 e. The lowest BCUT2D eigenvalue weighted by Gasteiger charge is -2.21. The Labute approximate surface area is 173 Å². The highest BCUT2D eigenvalue weighted by Crippen LogP contribution is 2.39. The van der Waals surface area contributed by atoms with E-state index in [1.165, 1.54) is 12.4 Å². The minimum atomic E-state index is -0.0512. The molecule has 0 radical (unpaired) electrons. The summed E-state index contributed by atoms with van der Waals surface area (Å²) in [5.74, 6) is 2.07. The zero-order valence-corrected chi connectivity index (χ0v) is 16.7. The van der Waals surface area contributed by atoms with Crippen LogP contribution in [0.25, 0.3) is 11.3 Å². The first-order valence-electron chi connectivity index (χ1n) is 9.60. The number of aryl methyl sites for hydroxylation is 1. The van der Waals surface area contributed by atoms with Gasteiger partial charge in [0.05, 0.1) is 25.2 Å². The molecular weight excluding hydrogens is 384 g/mol. The van der Waals surface area contributed by atoms with E-state index in [2.05, 4.69) is 30.5 Å². The van der Waals surface area contributed by atoms with Gasteiger partial charge < -0.3 is 20.5 Å². The molecule has 154 valence electrons. The van der Waals surface area contributed by atoms with Crippen molar-refractivity contribution in [3.63, 3.8) is 0 Å². The molecule has 1 aliphatic rings. The summed E-state index contributed by atoms with van der Waals surface area (Å²) in [6, 6.07) is 5.62. The second-order valence-corrected chi connectivity index (χ2v) is 7.09. The van der Waals surface area contributed by atoms with E-state index < -0.39 is 0 Å². The van der Waals surface area contributed by atoms with Crippen LogP contribution in [-0.2, 0) is 0 Å². The second kappa shape index (κ2) is 8.34. The minimum absolute atomic E-state index is 0.00580. The van der Waals surface area contributed by atoms with Crippen molar-refractivity contribution in [1.29, 1.82) is 5.26 Å². The van der Waals surface area contributed by atoms with Gasteiger partial charge in [-0.05, 0) is 26.2 Å². The summed E-state index contributed by atoms with van der Waals surface area (Å²) in [6.07, 6.45) is 5.72. The van der Waals surface area contributed by atoms with Gasteiger partial charge in [0.1, 0.15) is 29.3 Å². The standard InChI is InChI=1S/C20H22N8O2/c1-11-6-16(30-15-5-3-4-13(15)22)19(20(25-11)29-2)14-7-17(28-27-14)26-18-10-23-12(8-21)9-24-18/h6-7,9-10,13,15H,3-5,22H2,1-2H3,(H2,24,26,27,28)/t13-,15+/m1/s1. The van der Waals surface area contributed by atoms with Gasteiger partial charge in [-0.2, -0.15) is 10.4 Å². The number of aromatic nitrogens is 5. The van der Waals surface area contributed by atoms with E-state index in [-0.39, 0.29) is 17.8 Å². The van der Waals surface area contributed by atoms with Crippen LogP contribution in [0.2, 0.25) is 0 Å². The van der Waals surface area contributed by atoms with Crippen LogP contribution in [0.4, 0.5) is 11.6 Å². The Bertz CT molecular complexity index is 1070. The number of methoxy groups -OCH3 is 1. The van der Waals surface area contributed by atoms with Gasteiger partial charge in [0, 0.05) is 23.9 Å². The van der Waals surface area contributed by atoms with Crippen LogP contribution in [-0.4, -0.2) is 44.4 Å². The Morgan fingerprint density at radius 3 is 2.77 bits per heavy atom. The van der Waals surface area contributed by atoms with Gasteiger partial charge >= 0.3 is 0 Å². The number of hydrogen-bond acceptors (Lipinski definition) is 9. The first-order chi connectivity index (χ1) is 14.6. The number of ether oxygens (including phenoxy) is 2. The Kier molecular flexibility index (Phi) is 5.45. The molecule has 0 aliphatic heterocycles. The summed E-state index contributed by atoms with van der Waals surface area (Å²) in [4.78, 5) is 12.6. The number of nitrogens with zero attached hydrogens (tertiary/aromatic N) is 5. The number of nitrogens with one attached hydrogen (secondary N) is 2. The number of hydrogen-bond donors (Lipinski definition) is 3. The molecule has 1 saturated carbocycles. The van der Waals surface area contributed by atoms with Crippen LogP contribution in [0.15, 0.2) is 24.5 Å². The predicted molar refractivity (Wildman–Crippen MR) is 109 cm³/mol. The summed E-state index contributed by atoms with van der Waals surface area (Å²) in [6.45, 7) is 1.89. The van der Waals surface area contributed by atoms with Crippen LogP contribution in [0.5, 0.6) is 11.6 Å². The number of aromatic amines is 1. The number of anilines is 2. The van der Waals surface area contributed by atoms with Crippen molar-refractivity contribution in [1.82, 2.24) is 25.1 Å². The molecule has 3 heterocycles. The summed E-state index contributed by atoms with van der Waals surface area (Å²) in [5.41, 5.74) is 8.57. The van der Waals surface area contributed by atoms with E-state index in [4.69, 9.17) is 20.5 Å². The monoisotopic (exact) mass is 406 g/mol. The molecule has 1 fully saturated rings.